The third-order valence-corrected chi connectivity index (χ3v) is 3.12. The maximum atomic E-state index is 12.4. The summed E-state index contributed by atoms with van der Waals surface area (Å²) in [5.41, 5.74) is -0.0630. The minimum absolute atomic E-state index is 0.0202. The molecule has 0 heterocycles. The van der Waals surface area contributed by atoms with E-state index in [2.05, 4.69) is 0 Å². The predicted molar refractivity (Wildman–Crippen MR) is 86.5 cm³/mol. The molecule has 2 N–H and O–H groups in total. The summed E-state index contributed by atoms with van der Waals surface area (Å²) in [5.74, 6) is -2.39. The second-order valence-corrected chi connectivity index (χ2v) is 6.38. The van der Waals surface area contributed by atoms with Crippen molar-refractivity contribution in [2.24, 2.45) is 0 Å². The van der Waals surface area contributed by atoms with Crippen molar-refractivity contribution < 1.29 is 29.3 Å². The van der Waals surface area contributed by atoms with Crippen LogP contribution in [0.15, 0.2) is 30.3 Å². The van der Waals surface area contributed by atoms with E-state index >= 15 is 0 Å². The zero-order valence-corrected chi connectivity index (χ0v) is 14.1. The summed E-state index contributed by atoms with van der Waals surface area (Å²) in [7, 11) is 0. The number of aliphatic carboxylic acids is 2. The molecule has 0 spiro atoms. The number of carboxylic acids is 2. The molecule has 0 unspecified atom stereocenters. The van der Waals surface area contributed by atoms with Crippen LogP contribution in [0.2, 0.25) is 0 Å². The van der Waals surface area contributed by atoms with E-state index in [1.165, 1.54) is 0 Å². The minimum Gasteiger partial charge on any atom is -0.481 e. The van der Waals surface area contributed by atoms with Gasteiger partial charge < -0.3 is 14.9 Å². The Morgan fingerprint density at radius 1 is 1.12 bits per heavy atom. The van der Waals surface area contributed by atoms with E-state index < -0.39 is 29.7 Å². The Labute approximate surface area is 140 Å². The summed E-state index contributed by atoms with van der Waals surface area (Å²) in [6.45, 7) is 5.06. The van der Waals surface area contributed by atoms with Crippen LogP contribution in [0.5, 0.6) is 0 Å². The van der Waals surface area contributed by atoms with Gasteiger partial charge in [0.25, 0.3) is 0 Å². The molecule has 7 nitrogen and oxygen atoms in total. The van der Waals surface area contributed by atoms with Crippen molar-refractivity contribution in [3.63, 3.8) is 0 Å². The fourth-order valence-electron chi connectivity index (χ4n) is 2.08. The number of hydrogen-bond donors (Lipinski definition) is 2. The highest BCUT2D eigenvalue weighted by atomic mass is 16.6. The molecule has 0 radical (unpaired) electrons. The van der Waals surface area contributed by atoms with Gasteiger partial charge in [0.05, 0.1) is 0 Å². The maximum absolute atomic E-state index is 12.4. The van der Waals surface area contributed by atoms with Crippen molar-refractivity contribution in [2.75, 3.05) is 0 Å². The number of benzene rings is 1. The lowest BCUT2D eigenvalue weighted by Gasteiger charge is -2.31. The number of carbonyl (C=O) groups excluding carboxylic acids is 1. The molecule has 0 aliphatic carbocycles. The Kier molecular flexibility index (Phi) is 6.76. The fourth-order valence-corrected chi connectivity index (χ4v) is 2.08. The number of rotatable bonds is 7. The standard InChI is InChI=1S/C17H23NO6/c1-17(2,3)24-16(23)18(11-12-7-5-4-6-8-12)13(15(21)22)9-10-14(19)20/h4-8,13H,9-11H2,1-3H3,(H,19,20)(H,21,22)/t13-/m0/s1. The largest absolute Gasteiger partial charge is 0.481 e. The molecule has 1 aromatic rings. The van der Waals surface area contributed by atoms with Gasteiger partial charge in [-0.1, -0.05) is 30.3 Å². The van der Waals surface area contributed by atoms with Crippen LogP contribution in [0.4, 0.5) is 4.79 Å². The van der Waals surface area contributed by atoms with Crippen LogP contribution in [0.25, 0.3) is 0 Å². The van der Waals surface area contributed by atoms with Crippen LogP contribution in [0.1, 0.15) is 39.2 Å². The molecule has 0 fully saturated rings. The molecular weight excluding hydrogens is 314 g/mol. The van der Waals surface area contributed by atoms with Crippen LogP contribution in [-0.2, 0) is 20.9 Å². The third kappa shape index (κ3) is 6.68. The van der Waals surface area contributed by atoms with Gasteiger partial charge >= 0.3 is 18.0 Å². The number of amides is 1. The molecule has 1 amide bonds. The molecule has 0 saturated carbocycles. The summed E-state index contributed by atoms with van der Waals surface area (Å²) in [6.07, 6.45) is -1.34. The number of ether oxygens (including phenoxy) is 1. The lowest BCUT2D eigenvalue weighted by atomic mass is 10.1. The monoisotopic (exact) mass is 337 g/mol. The van der Waals surface area contributed by atoms with Gasteiger partial charge in [-0.05, 0) is 32.8 Å². The molecule has 0 aromatic heterocycles. The molecule has 24 heavy (non-hydrogen) atoms. The average Bonchev–Trinajstić information content (AvgIpc) is 2.44. The van der Waals surface area contributed by atoms with Gasteiger partial charge in [0, 0.05) is 13.0 Å². The highest BCUT2D eigenvalue weighted by molar-refractivity contribution is 5.81. The molecular formula is C17H23NO6. The summed E-state index contributed by atoms with van der Waals surface area (Å²) in [4.78, 5) is 35.9. The van der Waals surface area contributed by atoms with E-state index in [-0.39, 0.29) is 19.4 Å². The smallest absolute Gasteiger partial charge is 0.411 e. The molecule has 0 aliphatic rings. The van der Waals surface area contributed by atoms with Gasteiger partial charge in [-0.2, -0.15) is 0 Å². The zero-order chi connectivity index (χ0) is 18.3. The van der Waals surface area contributed by atoms with Gasteiger partial charge in [-0.3, -0.25) is 9.69 Å². The number of nitrogens with zero attached hydrogens (tertiary/aromatic N) is 1. The topological polar surface area (TPSA) is 104 Å². The first-order valence-electron chi connectivity index (χ1n) is 7.58. The van der Waals surface area contributed by atoms with Crippen LogP contribution in [-0.4, -0.2) is 44.8 Å². The van der Waals surface area contributed by atoms with Crippen molar-refractivity contribution in [1.29, 1.82) is 0 Å². The second kappa shape index (κ2) is 8.33. The lowest BCUT2D eigenvalue weighted by molar-refractivity contribution is -0.144. The maximum Gasteiger partial charge on any atom is 0.411 e. The van der Waals surface area contributed by atoms with Crippen LogP contribution in [0.3, 0.4) is 0 Å². The predicted octanol–water partition coefficient (Wildman–Crippen LogP) is 2.74. The molecule has 1 atom stereocenters. The first-order chi connectivity index (χ1) is 11.1. The van der Waals surface area contributed by atoms with E-state index in [0.29, 0.717) is 0 Å². The first kappa shape index (κ1) is 19.5. The third-order valence-electron chi connectivity index (χ3n) is 3.12. The van der Waals surface area contributed by atoms with E-state index in [1.54, 1.807) is 51.1 Å². The number of carbonyl (C=O) groups is 3. The SMILES string of the molecule is CC(C)(C)OC(=O)N(Cc1ccccc1)[C@@H](CCC(=O)O)C(=O)O. The van der Waals surface area contributed by atoms with Gasteiger partial charge in [0.1, 0.15) is 11.6 Å². The summed E-state index contributed by atoms with van der Waals surface area (Å²) >= 11 is 0. The highest BCUT2D eigenvalue weighted by Crippen LogP contribution is 2.18. The Morgan fingerprint density at radius 2 is 1.71 bits per heavy atom. The van der Waals surface area contributed by atoms with Gasteiger partial charge in [-0.15, -0.1) is 0 Å². The van der Waals surface area contributed by atoms with Crippen LogP contribution >= 0.6 is 0 Å². The van der Waals surface area contributed by atoms with Crippen LogP contribution in [0, 0.1) is 0 Å². The van der Waals surface area contributed by atoms with E-state index in [9.17, 15) is 19.5 Å². The summed E-state index contributed by atoms with van der Waals surface area (Å²) in [6, 6.07) is 7.59. The highest BCUT2D eigenvalue weighted by Gasteiger charge is 2.33. The van der Waals surface area contributed by atoms with E-state index in [0.717, 1.165) is 10.5 Å². The van der Waals surface area contributed by atoms with Crippen molar-refractivity contribution in [2.45, 2.75) is 51.8 Å². The van der Waals surface area contributed by atoms with Crippen molar-refractivity contribution in [1.82, 2.24) is 4.90 Å². The fraction of sp³-hybridized carbons (Fsp3) is 0.471. The molecule has 1 aromatic carbocycles. The molecule has 0 saturated heterocycles. The Morgan fingerprint density at radius 3 is 2.17 bits per heavy atom. The minimum atomic E-state index is -1.28. The Bertz CT molecular complexity index is 578. The molecule has 0 aliphatic heterocycles. The number of carboxylic acid groups (broad SMARTS) is 2. The van der Waals surface area contributed by atoms with E-state index in [4.69, 9.17) is 9.84 Å². The summed E-state index contributed by atoms with van der Waals surface area (Å²) < 4.78 is 5.29. The van der Waals surface area contributed by atoms with Crippen molar-refractivity contribution in [3.05, 3.63) is 35.9 Å². The molecule has 1 rings (SSSR count). The van der Waals surface area contributed by atoms with Crippen molar-refractivity contribution in [3.8, 4) is 0 Å². The zero-order valence-electron chi connectivity index (χ0n) is 14.1. The van der Waals surface area contributed by atoms with Crippen molar-refractivity contribution >= 4 is 18.0 Å². The quantitative estimate of drug-likeness (QED) is 0.793. The van der Waals surface area contributed by atoms with Gasteiger partial charge in [0.2, 0.25) is 0 Å². The number of hydrogen-bond acceptors (Lipinski definition) is 4. The molecule has 0 bridgehead atoms. The molecule has 132 valence electrons. The second-order valence-electron chi connectivity index (χ2n) is 6.38. The first-order valence-corrected chi connectivity index (χ1v) is 7.58. The van der Waals surface area contributed by atoms with Gasteiger partial charge in [0.15, 0.2) is 0 Å². The normalized spacial score (nSPS) is 12.3. The lowest BCUT2D eigenvalue weighted by Crippen LogP contribution is -2.47. The Hall–Kier alpha value is -2.57. The summed E-state index contributed by atoms with van der Waals surface area (Å²) in [5, 5.41) is 18.3. The molecule has 7 heteroatoms. The van der Waals surface area contributed by atoms with Crippen LogP contribution < -0.4 is 0 Å². The average molecular weight is 337 g/mol. The van der Waals surface area contributed by atoms with E-state index in [1.807, 2.05) is 0 Å². The Balaban J connectivity index is 3.06. The van der Waals surface area contributed by atoms with Gasteiger partial charge in [-0.25, -0.2) is 9.59 Å².